The number of amides is 1. The summed E-state index contributed by atoms with van der Waals surface area (Å²) in [5.41, 5.74) is 0.994. The Kier molecular flexibility index (Phi) is 4.61. The van der Waals surface area contributed by atoms with Gasteiger partial charge in [0.05, 0.1) is 0 Å². The number of piperidine rings is 3. The summed E-state index contributed by atoms with van der Waals surface area (Å²) in [5.74, 6) is 1.63. The fourth-order valence-corrected chi connectivity index (χ4v) is 4.55. The first-order chi connectivity index (χ1) is 12.2. The molecular weight excluding hydrogens is 332 g/mol. The number of furan rings is 1. The minimum Gasteiger partial charge on any atom is -0.451 e. The third-order valence-corrected chi connectivity index (χ3v) is 6.42. The minimum atomic E-state index is -0.0995. The van der Waals surface area contributed by atoms with Crippen LogP contribution in [-0.2, 0) is 0 Å². The van der Waals surface area contributed by atoms with Gasteiger partial charge in [0.2, 0.25) is 0 Å². The van der Waals surface area contributed by atoms with Gasteiger partial charge in [-0.2, -0.15) is 0 Å². The molecule has 5 heteroatoms. The van der Waals surface area contributed by atoms with Gasteiger partial charge in [-0.25, -0.2) is 0 Å². The van der Waals surface area contributed by atoms with E-state index in [0.29, 0.717) is 17.7 Å². The second kappa shape index (κ2) is 6.89. The van der Waals surface area contributed by atoms with Gasteiger partial charge in [0.25, 0.3) is 5.91 Å². The molecule has 132 valence electrons. The first-order valence-electron chi connectivity index (χ1n) is 8.95. The zero-order valence-electron chi connectivity index (χ0n) is 14.7. The first kappa shape index (κ1) is 16.7. The van der Waals surface area contributed by atoms with Crippen molar-refractivity contribution >= 4 is 17.7 Å². The van der Waals surface area contributed by atoms with Gasteiger partial charge in [0, 0.05) is 22.5 Å². The topological polar surface area (TPSA) is 45.5 Å². The van der Waals surface area contributed by atoms with Crippen molar-refractivity contribution in [3.63, 3.8) is 0 Å². The minimum absolute atomic E-state index is 0.0995. The fraction of sp³-hybridized carbons (Fsp3) is 0.450. The Balaban J connectivity index is 1.47. The maximum atomic E-state index is 12.7. The molecule has 2 atom stereocenters. The highest BCUT2D eigenvalue weighted by Crippen LogP contribution is 2.32. The van der Waals surface area contributed by atoms with E-state index >= 15 is 0 Å². The molecule has 0 saturated carbocycles. The smallest absolute Gasteiger partial charge is 0.287 e. The summed E-state index contributed by atoms with van der Waals surface area (Å²) in [6.07, 6.45) is 4.42. The number of carbonyl (C=O) groups excluding carboxylic acids is 1. The molecule has 5 rings (SSSR count). The van der Waals surface area contributed by atoms with Crippen molar-refractivity contribution in [3.05, 3.63) is 42.2 Å². The number of hydrogen-bond donors (Lipinski definition) is 1. The summed E-state index contributed by atoms with van der Waals surface area (Å²) in [6.45, 7) is 4.54. The number of thioether (sulfide) groups is 1. The lowest BCUT2D eigenvalue weighted by molar-refractivity contribution is 0.0211. The summed E-state index contributed by atoms with van der Waals surface area (Å²) in [5, 5.41) is 3.22. The van der Waals surface area contributed by atoms with Gasteiger partial charge in [-0.1, -0.05) is 12.1 Å². The van der Waals surface area contributed by atoms with Crippen LogP contribution < -0.4 is 5.32 Å². The van der Waals surface area contributed by atoms with E-state index in [1.165, 1.54) is 17.7 Å². The molecule has 2 aromatic rings. The normalized spacial score (nSPS) is 28.1. The Morgan fingerprint density at radius 3 is 2.52 bits per heavy atom. The van der Waals surface area contributed by atoms with Crippen LogP contribution in [0, 0.1) is 5.92 Å². The van der Waals surface area contributed by atoms with Crippen LogP contribution in [0.2, 0.25) is 0 Å². The van der Waals surface area contributed by atoms with E-state index < -0.39 is 0 Å². The largest absolute Gasteiger partial charge is 0.451 e. The highest BCUT2D eigenvalue weighted by Gasteiger charge is 2.40. The zero-order chi connectivity index (χ0) is 17.4. The van der Waals surface area contributed by atoms with Crippen molar-refractivity contribution in [2.45, 2.75) is 36.7 Å². The van der Waals surface area contributed by atoms with Gasteiger partial charge in [-0.15, -0.1) is 11.8 Å². The highest BCUT2D eigenvalue weighted by atomic mass is 32.2. The molecule has 4 nitrogen and oxygen atoms in total. The van der Waals surface area contributed by atoms with Gasteiger partial charge >= 0.3 is 0 Å². The number of fused-ring (bicyclic) bond motifs is 3. The van der Waals surface area contributed by atoms with Crippen LogP contribution in [0.3, 0.4) is 0 Å². The zero-order valence-corrected chi connectivity index (χ0v) is 15.5. The number of hydrogen-bond acceptors (Lipinski definition) is 4. The van der Waals surface area contributed by atoms with E-state index in [4.69, 9.17) is 4.42 Å². The molecule has 3 fully saturated rings. The van der Waals surface area contributed by atoms with Crippen LogP contribution in [0.5, 0.6) is 0 Å². The van der Waals surface area contributed by atoms with Crippen LogP contribution in [0.25, 0.3) is 11.3 Å². The fourth-order valence-electron chi connectivity index (χ4n) is 4.14. The van der Waals surface area contributed by atoms with Crippen molar-refractivity contribution in [2.75, 3.05) is 19.3 Å². The lowest BCUT2D eigenvalue weighted by Gasteiger charge is -2.49. The Morgan fingerprint density at radius 2 is 1.88 bits per heavy atom. The van der Waals surface area contributed by atoms with Crippen molar-refractivity contribution in [2.24, 2.45) is 5.92 Å². The SMILES string of the molecule is CSc1ccc(-c2ccc(C(=O)N[C@@H]3C4CCN(CC4)[C@H]3C)o2)cc1. The quantitative estimate of drug-likeness (QED) is 0.845. The molecular formula is C20H24N2O2S. The Bertz CT molecular complexity index is 745. The van der Waals surface area contributed by atoms with E-state index in [0.717, 1.165) is 24.4 Å². The standard InChI is InChI=1S/C20H24N2O2S/c1-13-19(15-9-11-22(13)12-10-15)21-20(23)18-8-7-17(24-18)14-3-5-16(25-2)6-4-14/h3-8,13,15,19H,9-12H2,1-2H3,(H,21,23)/t13-,19-/m0/s1. The van der Waals surface area contributed by atoms with Crippen LogP contribution >= 0.6 is 11.8 Å². The Morgan fingerprint density at radius 1 is 1.16 bits per heavy atom. The lowest BCUT2D eigenvalue weighted by Crippen LogP contribution is -2.62. The molecule has 1 aromatic carbocycles. The van der Waals surface area contributed by atoms with Gasteiger partial charge in [-0.3, -0.25) is 9.69 Å². The Labute approximate surface area is 153 Å². The number of nitrogens with one attached hydrogen (secondary N) is 1. The molecule has 1 amide bonds. The van der Waals surface area contributed by atoms with Gasteiger partial charge in [0.1, 0.15) is 5.76 Å². The van der Waals surface area contributed by atoms with Crippen LogP contribution in [-0.4, -0.2) is 42.2 Å². The maximum Gasteiger partial charge on any atom is 0.287 e. The number of rotatable bonds is 4. The summed E-state index contributed by atoms with van der Waals surface area (Å²) in [6, 6.07) is 12.5. The Hall–Kier alpha value is -1.72. The number of carbonyl (C=O) groups is 1. The van der Waals surface area contributed by atoms with Crippen molar-refractivity contribution in [1.29, 1.82) is 0 Å². The van der Waals surface area contributed by atoms with Crippen LogP contribution in [0.15, 0.2) is 45.7 Å². The molecule has 4 heterocycles. The summed E-state index contributed by atoms with van der Waals surface area (Å²) < 4.78 is 5.83. The average molecular weight is 356 g/mol. The summed E-state index contributed by atoms with van der Waals surface area (Å²) in [4.78, 5) is 16.3. The van der Waals surface area contributed by atoms with Crippen molar-refractivity contribution in [1.82, 2.24) is 10.2 Å². The van der Waals surface area contributed by atoms with E-state index in [-0.39, 0.29) is 11.9 Å². The van der Waals surface area contributed by atoms with Crippen LogP contribution in [0.4, 0.5) is 0 Å². The van der Waals surface area contributed by atoms with E-state index in [1.54, 1.807) is 17.8 Å². The van der Waals surface area contributed by atoms with Crippen molar-refractivity contribution in [3.8, 4) is 11.3 Å². The first-order valence-corrected chi connectivity index (χ1v) is 10.2. The molecule has 0 spiro atoms. The second-order valence-corrected chi connectivity index (χ2v) is 7.89. The molecule has 1 N–H and O–H groups in total. The second-order valence-electron chi connectivity index (χ2n) is 7.01. The van der Waals surface area contributed by atoms with Crippen molar-refractivity contribution < 1.29 is 9.21 Å². The molecule has 25 heavy (non-hydrogen) atoms. The maximum absolute atomic E-state index is 12.7. The molecule has 2 bridgehead atoms. The molecule has 0 aliphatic carbocycles. The molecule has 0 unspecified atom stereocenters. The van der Waals surface area contributed by atoms with E-state index in [2.05, 4.69) is 35.5 Å². The number of nitrogens with zero attached hydrogens (tertiary/aromatic N) is 1. The third kappa shape index (κ3) is 3.23. The number of benzene rings is 1. The average Bonchev–Trinajstić information content (AvgIpc) is 3.15. The molecule has 3 aliphatic rings. The predicted molar refractivity (Wildman–Crippen MR) is 101 cm³/mol. The van der Waals surface area contributed by atoms with Gasteiger partial charge in [0.15, 0.2) is 5.76 Å². The molecule has 3 saturated heterocycles. The summed E-state index contributed by atoms with van der Waals surface area (Å²) in [7, 11) is 0. The predicted octanol–water partition coefficient (Wildman–Crippen LogP) is 3.88. The van der Waals surface area contributed by atoms with Gasteiger partial charge in [-0.05, 0) is 69.3 Å². The lowest BCUT2D eigenvalue weighted by atomic mass is 9.79. The summed E-state index contributed by atoms with van der Waals surface area (Å²) >= 11 is 1.71. The third-order valence-electron chi connectivity index (χ3n) is 5.68. The van der Waals surface area contributed by atoms with Gasteiger partial charge < -0.3 is 9.73 Å². The molecule has 1 aromatic heterocycles. The monoisotopic (exact) mass is 356 g/mol. The molecule has 3 aliphatic heterocycles. The highest BCUT2D eigenvalue weighted by molar-refractivity contribution is 7.98. The van der Waals surface area contributed by atoms with Crippen LogP contribution in [0.1, 0.15) is 30.3 Å². The molecule has 0 radical (unpaired) electrons. The van der Waals surface area contributed by atoms with E-state index in [9.17, 15) is 4.79 Å². The van der Waals surface area contributed by atoms with E-state index in [1.807, 2.05) is 18.2 Å².